The lowest BCUT2D eigenvalue weighted by molar-refractivity contribution is 0.244. The van der Waals surface area contributed by atoms with E-state index in [2.05, 4.69) is 10.2 Å². The first-order valence-electron chi connectivity index (χ1n) is 6.20. The van der Waals surface area contributed by atoms with Crippen LogP contribution < -0.4 is 16.8 Å². The molecule has 5 N–H and O–H groups in total. The molecule has 0 aromatic heterocycles. The van der Waals surface area contributed by atoms with Gasteiger partial charge in [-0.2, -0.15) is 0 Å². The van der Waals surface area contributed by atoms with E-state index in [1.165, 1.54) is 38.9 Å². The molecule has 90 valence electrons. The van der Waals surface area contributed by atoms with Crippen molar-refractivity contribution < 1.29 is 0 Å². The highest BCUT2D eigenvalue weighted by atomic mass is 15.1. The molecule has 0 aromatic carbocycles. The summed E-state index contributed by atoms with van der Waals surface area (Å²) in [4.78, 5) is 2.39. The van der Waals surface area contributed by atoms with Crippen LogP contribution >= 0.6 is 0 Å². The zero-order valence-electron chi connectivity index (χ0n) is 9.75. The van der Waals surface area contributed by atoms with Crippen molar-refractivity contribution in [1.29, 1.82) is 0 Å². The van der Waals surface area contributed by atoms with Crippen LogP contribution in [0.25, 0.3) is 0 Å². The van der Waals surface area contributed by atoms with Gasteiger partial charge >= 0.3 is 0 Å². The lowest BCUT2D eigenvalue weighted by Gasteiger charge is -2.26. The number of piperidine rings is 1. The van der Waals surface area contributed by atoms with E-state index in [1.807, 2.05) is 0 Å². The summed E-state index contributed by atoms with van der Waals surface area (Å²) in [6.45, 7) is 7.01. The molecule has 0 amide bonds. The van der Waals surface area contributed by atoms with Gasteiger partial charge < -0.3 is 21.7 Å². The van der Waals surface area contributed by atoms with Gasteiger partial charge in [0, 0.05) is 26.2 Å². The van der Waals surface area contributed by atoms with Crippen molar-refractivity contribution in [3.63, 3.8) is 0 Å². The van der Waals surface area contributed by atoms with Gasteiger partial charge in [-0.1, -0.05) is 0 Å². The SMILES string of the molecule is NCCN(CCN)CCC1CCNCC1. The summed E-state index contributed by atoms with van der Waals surface area (Å²) in [6.07, 6.45) is 3.97. The number of hydrogen-bond acceptors (Lipinski definition) is 4. The Hall–Kier alpha value is -0.160. The van der Waals surface area contributed by atoms with Gasteiger partial charge in [-0.15, -0.1) is 0 Å². The quantitative estimate of drug-likeness (QED) is 0.539. The molecule has 1 fully saturated rings. The van der Waals surface area contributed by atoms with Crippen LogP contribution in [0.2, 0.25) is 0 Å². The van der Waals surface area contributed by atoms with Crippen molar-refractivity contribution >= 4 is 0 Å². The number of rotatable bonds is 7. The maximum atomic E-state index is 5.58. The predicted molar refractivity (Wildman–Crippen MR) is 64.8 cm³/mol. The molecular weight excluding hydrogens is 188 g/mol. The lowest BCUT2D eigenvalue weighted by atomic mass is 9.94. The summed E-state index contributed by atoms with van der Waals surface area (Å²) in [7, 11) is 0. The van der Waals surface area contributed by atoms with E-state index in [9.17, 15) is 0 Å². The summed E-state index contributed by atoms with van der Waals surface area (Å²) in [5.41, 5.74) is 11.2. The highest BCUT2D eigenvalue weighted by Crippen LogP contribution is 2.15. The van der Waals surface area contributed by atoms with Crippen LogP contribution in [0.15, 0.2) is 0 Å². The molecule has 4 nitrogen and oxygen atoms in total. The fraction of sp³-hybridized carbons (Fsp3) is 1.00. The molecule has 0 radical (unpaired) electrons. The molecule has 1 heterocycles. The highest BCUT2D eigenvalue weighted by Gasteiger charge is 2.13. The second kappa shape index (κ2) is 8.05. The molecule has 1 aliphatic heterocycles. The van der Waals surface area contributed by atoms with Crippen LogP contribution in [0.5, 0.6) is 0 Å². The number of nitrogens with one attached hydrogen (secondary N) is 1. The summed E-state index contributed by atoms with van der Waals surface area (Å²) < 4.78 is 0. The smallest absolute Gasteiger partial charge is 0.0105 e. The Labute approximate surface area is 93.4 Å². The molecule has 4 heteroatoms. The number of nitrogens with two attached hydrogens (primary N) is 2. The first-order valence-corrected chi connectivity index (χ1v) is 6.20. The second-order valence-electron chi connectivity index (χ2n) is 4.40. The highest BCUT2D eigenvalue weighted by molar-refractivity contribution is 4.70. The molecule has 0 aliphatic carbocycles. The molecule has 15 heavy (non-hydrogen) atoms. The Morgan fingerprint density at radius 1 is 1.00 bits per heavy atom. The van der Waals surface area contributed by atoms with E-state index in [0.717, 1.165) is 32.1 Å². The van der Waals surface area contributed by atoms with E-state index in [-0.39, 0.29) is 0 Å². The average molecular weight is 214 g/mol. The summed E-state index contributed by atoms with van der Waals surface area (Å²) in [5.74, 6) is 0.907. The largest absolute Gasteiger partial charge is 0.329 e. The molecule has 1 aliphatic rings. The van der Waals surface area contributed by atoms with Gasteiger partial charge in [-0.05, 0) is 44.8 Å². The molecule has 0 spiro atoms. The standard InChI is InChI=1S/C11H26N4/c12-4-9-15(10-5-13)8-3-11-1-6-14-7-2-11/h11,14H,1-10,12-13H2. The Bertz CT molecular complexity index is 140. The topological polar surface area (TPSA) is 67.3 Å². The number of nitrogens with zero attached hydrogens (tertiary/aromatic N) is 1. The average Bonchev–Trinajstić information content (AvgIpc) is 2.28. The van der Waals surface area contributed by atoms with Crippen molar-refractivity contribution in [2.45, 2.75) is 19.3 Å². The zero-order valence-corrected chi connectivity index (χ0v) is 9.75. The van der Waals surface area contributed by atoms with Gasteiger partial charge in [0.1, 0.15) is 0 Å². The normalized spacial score (nSPS) is 18.6. The van der Waals surface area contributed by atoms with Gasteiger partial charge in [0.25, 0.3) is 0 Å². The molecule has 0 unspecified atom stereocenters. The zero-order chi connectivity index (χ0) is 10.9. The second-order valence-corrected chi connectivity index (χ2v) is 4.40. The van der Waals surface area contributed by atoms with Crippen molar-refractivity contribution in [3.05, 3.63) is 0 Å². The molecular formula is C11H26N4. The predicted octanol–water partition coefficient (Wildman–Crippen LogP) is -0.404. The van der Waals surface area contributed by atoms with Crippen molar-refractivity contribution in [2.75, 3.05) is 45.8 Å². The van der Waals surface area contributed by atoms with Gasteiger partial charge in [-0.25, -0.2) is 0 Å². The molecule has 0 saturated carbocycles. The molecule has 1 saturated heterocycles. The lowest BCUT2D eigenvalue weighted by Crippen LogP contribution is -2.36. The first-order chi connectivity index (χ1) is 7.36. The molecule has 0 bridgehead atoms. The Kier molecular flexibility index (Phi) is 6.92. The maximum absolute atomic E-state index is 5.58. The van der Waals surface area contributed by atoms with Crippen LogP contribution in [-0.2, 0) is 0 Å². The van der Waals surface area contributed by atoms with E-state index in [4.69, 9.17) is 11.5 Å². The maximum Gasteiger partial charge on any atom is 0.0105 e. The van der Waals surface area contributed by atoms with E-state index in [1.54, 1.807) is 0 Å². The fourth-order valence-corrected chi connectivity index (χ4v) is 2.24. The van der Waals surface area contributed by atoms with Crippen LogP contribution in [0.3, 0.4) is 0 Å². The minimum Gasteiger partial charge on any atom is -0.329 e. The van der Waals surface area contributed by atoms with Crippen molar-refractivity contribution in [1.82, 2.24) is 10.2 Å². The van der Waals surface area contributed by atoms with Crippen LogP contribution in [0.1, 0.15) is 19.3 Å². The summed E-state index contributed by atoms with van der Waals surface area (Å²) in [5, 5.41) is 3.40. The molecule has 0 aromatic rings. The molecule has 0 atom stereocenters. The Morgan fingerprint density at radius 2 is 1.60 bits per heavy atom. The van der Waals surface area contributed by atoms with Crippen LogP contribution in [-0.4, -0.2) is 50.7 Å². The molecule has 1 rings (SSSR count). The fourth-order valence-electron chi connectivity index (χ4n) is 2.24. The van der Waals surface area contributed by atoms with Gasteiger partial charge in [0.15, 0.2) is 0 Å². The van der Waals surface area contributed by atoms with Gasteiger partial charge in [-0.3, -0.25) is 0 Å². The monoisotopic (exact) mass is 214 g/mol. The van der Waals surface area contributed by atoms with E-state index < -0.39 is 0 Å². The summed E-state index contributed by atoms with van der Waals surface area (Å²) >= 11 is 0. The number of hydrogen-bond donors (Lipinski definition) is 3. The third-order valence-electron chi connectivity index (χ3n) is 3.20. The van der Waals surface area contributed by atoms with Gasteiger partial charge in [0.05, 0.1) is 0 Å². The Morgan fingerprint density at radius 3 is 2.13 bits per heavy atom. The summed E-state index contributed by atoms with van der Waals surface area (Å²) in [6, 6.07) is 0. The van der Waals surface area contributed by atoms with Crippen molar-refractivity contribution in [2.24, 2.45) is 17.4 Å². The minimum absolute atomic E-state index is 0.742. The Balaban J connectivity index is 2.13. The van der Waals surface area contributed by atoms with Gasteiger partial charge in [0.2, 0.25) is 0 Å². The van der Waals surface area contributed by atoms with Crippen molar-refractivity contribution in [3.8, 4) is 0 Å². The van der Waals surface area contributed by atoms with Crippen LogP contribution in [0.4, 0.5) is 0 Å². The van der Waals surface area contributed by atoms with E-state index >= 15 is 0 Å². The third kappa shape index (κ3) is 5.47. The minimum atomic E-state index is 0.742. The third-order valence-corrected chi connectivity index (χ3v) is 3.20. The first kappa shape index (κ1) is 12.9. The van der Waals surface area contributed by atoms with E-state index in [0.29, 0.717) is 0 Å². The van der Waals surface area contributed by atoms with Crippen LogP contribution in [0, 0.1) is 5.92 Å².